The molecule has 0 bridgehead atoms. The zero-order valence-corrected chi connectivity index (χ0v) is 9.96. The second kappa shape index (κ2) is 5.46. The molecule has 1 amide bonds. The molecule has 16 heavy (non-hydrogen) atoms. The highest BCUT2D eigenvalue weighted by atomic mass is 32.2. The maximum Gasteiger partial charge on any atom is 0.404 e. The van der Waals surface area contributed by atoms with Crippen LogP contribution in [0.4, 0.5) is 4.79 Å². The van der Waals surface area contributed by atoms with E-state index in [4.69, 9.17) is 5.11 Å². The lowest BCUT2D eigenvalue weighted by Crippen LogP contribution is -2.45. The van der Waals surface area contributed by atoms with Crippen molar-refractivity contribution in [2.75, 3.05) is 26.7 Å². The van der Waals surface area contributed by atoms with Gasteiger partial charge in [0.1, 0.15) is 0 Å². The number of nitrogens with one attached hydrogen (secondary N) is 2. The average molecular weight is 251 g/mol. The second-order valence-electron chi connectivity index (χ2n) is 3.74. The van der Waals surface area contributed by atoms with Crippen molar-refractivity contribution in [3.05, 3.63) is 0 Å². The highest BCUT2D eigenvalue weighted by Crippen LogP contribution is 2.18. The molecule has 1 aliphatic heterocycles. The second-order valence-corrected chi connectivity index (χ2v) is 5.61. The van der Waals surface area contributed by atoms with Gasteiger partial charge in [0.15, 0.2) is 0 Å². The SMILES string of the molecule is CNS(=O)(=O)N1CCC(CNC(=O)O)CC1. The van der Waals surface area contributed by atoms with E-state index in [0.717, 1.165) is 0 Å². The highest BCUT2D eigenvalue weighted by Gasteiger charge is 2.26. The first-order chi connectivity index (χ1) is 7.45. The van der Waals surface area contributed by atoms with E-state index >= 15 is 0 Å². The lowest BCUT2D eigenvalue weighted by atomic mass is 9.98. The Kier molecular flexibility index (Phi) is 4.51. The van der Waals surface area contributed by atoms with Gasteiger partial charge in [-0.3, -0.25) is 0 Å². The van der Waals surface area contributed by atoms with Gasteiger partial charge in [-0.2, -0.15) is 12.7 Å². The lowest BCUT2D eigenvalue weighted by molar-refractivity contribution is 0.188. The van der Waals surface area contributed by atoms with Gasteiger partial charge in [-0.15, -0.1) is 0 Å². The predicted molar refractivity (Wildman–Crippen MR) is 58.3 cm³/mol. The molecule has 1 rings (SSSR count). The number of nitrogens with zero attached hydrogens (tertiary/aromatic N) is 1. The van der Waals surface area contributed by atoms with E-state index in [1.807, 2.05) is 0 Å². The molecular formula is C8H17N3O4S. The highest BCUT2D eigenvalue weighted by molar-refractivity contribution is 7.87. The Morgan fingerprint density at radius 1 is 1.44 bits per heavy atom. The summed E-state index contributed by atoms with van der Waals surface area (Å²) in [6.45, 7) is 1.27. The summed E-state index contributed by atoms with van der Waals surface area (Å²) in [5, 5.41) is 10.8. The molecule has 3 N–H and O–H groups in total. The largest absolute Gasteiger partial charge is 0.465 e. The van der Waals surface area contributed by atoms with Gasteiger partial charge < -0.3 is 10.4 Å². The van der Waals surface area contributed by atoms with Crippen LogP contribution in [0.15, 0.2) is 0 Å². The Balaban J connectivity index is 2.37. The van der Waals surface area contributed by atoms with Crippen molar-refractivity contribution >= 4 is 16.3 Å². The van der Waals surface area contributed by atoms with Gasteiger partial charge in [-0.25, -0.2) is 9.52 Å². The van der Waals surface area contributed by atoms with Gasteiger partial charge >= 0.3 is 6.09 Å². The van der Waals surface area contributed by atoms with E-state index in [1.165, 1.54) is 11.4 Å². The fraction of sp³-hybridized carbons (Fsp3) is 0.875. The lowest BCUT2D eigenvalue weighted by Gasteiger charge is -2.30. The minimum Gasteiger partial charge on any atom is -0.465 e. The van der Waals surface area contributed by atoms with Crippen molar-refractivity contribution < 1.29 is 18.3 Å². The van der Waals surface area contributed by atoms with Crippen LogP contribution < -0.4 is 10.0 Å². The Morgan fingerprint density at radius 3 is 2.44 bits per heavy atom. The van der Waals surface area contributed by atoms with Crippen molar-refractivity contribution in [2.45, 2.75) is 12.8 Å². The molecule has 0 unspecified atom stereocenters. The molecule has 1 saturated heterocycles. The Labute approximate surface area is 95.0 Å². The first-order valence-corrected chi connectivity index (χ1v) is 6.55. The van der Waals surface area contributed by atoms with E-state index in [0.29, 0.717) is 32.5 Å². The Hall–Kier alpha value is -0.860. The third kappa shape index (κ3) is 3.62. The van der Waals surface area contributed by atoms with Crippen molar-refractivity contribution in [1.29, 1.82) is 0 Å². The smallest absolute Gasteiger partial charge is 0.404 e. The normalized spacial score (nSPS) is 19.6. The summed E-state index contributed by atoms with van der Waals surface area (Å²) in [5.74, 6) is 0.222. The third-order valence-corrected chi connectivity index (χ3v) is 4.27. The molecule has 1 aliphatic rings. The number of piperidine rings is 1. The van der Waals surface area contributed by atoms with Gasteiger partial charge in [0.25, 0.3) is 10.2 Å². The molecule has 0 spiro atoms. The van der Waals surface area contributed by atoms with Crippen LogP contribution in [0.25, 0.3) is 0 Å². The maximum absolute atomic E-state index is 11.4. The number of carbonyl (C=O) groups is 1. The summed E-state index contributed by atoms with van der Waals surface area (Å²) in [4.78, 5) is 10.3. The average Bonchev–Trinajstić information content (AvgIpc) is 2.27. The number of rotatable bonds is 4. The molecule has 1 fully saturated rings. The van der Waals surface area contributed by atoms with Crippen molar-refractivity contribution in [3.63, 3.8) is 0 Å². The summed E-state index contributed by atoms with van der Waals surface area (Å²) in [5.41, 5.74) is 0. The molecule has 0 aromatic carbocycles. The van der Waals surface area contributed by atoms with Gasteiger partial charge in [0.2, 0.25) is 0 Å². The summed E-state index contributed by atoms with van der Waals surface area (Å²) in [7, 11) is -1.95. The van der Waals surface area contributed by atoms with Crippen molar-refractivity contribution in [1.82, 2.24) is 14.3 Å². The van der Waals surface area contributed by atoms with Crippen LogP contribution in [0.5, 0.6) is 0 Å². The first kappa shape index (κ1) is 13.2. The molecule has 0 saturated carbocycles. The summed E-state index contributed by atoms with van der Waals surface area (Å²) in [6, 6.07) is 0. The van der Waals surface area contributed by atoms with Crippen LogP contribution in [0.2, 0.25) is 0 Å². The van der Waals surface area contributed by atoms with Crippen LogP contribution in [-0.2, 0) is 10.2 Å². The number of hydrogen-bond acceptors (Lipinski definition) is 3. The van der Waals surface area contributed by atoms with Crippen LogP contribution in [0.3, 0.4) is 0 Å². The fourth-order valence-electron chi connectivity index (χ4n) is 1.71. The van der Waals surface area contributed by atoms with Crippen LogP contribution in [-0.4, -0.2) is 50.6 Å². The van der Waals surface area contributed by atoms with Gasteiger partial charge in [-0.05, 0) is 18.8 Å². The van der Waals surface area contributed by atoms with Crippen LogP contribution in [0, 0.1) is 5.92 Å². The van der Waals surface area contributed by atoms with Gasteiger partial charge in [0, 0.05) is 26.7 Å². The number of carboxylic acid groups (broad SMARTS) is 1. The molecule has 0 radical (unpaired) electrons. The van der Waals surface area contributed by atoms with E-state index in [1.54, 1.807) is 0 Å². The quantitative estimate of drug-likeness (QED) is 0.623. The predicted octanol–water partition coefficient (Wildman–Crippen LogP) is -0.570. The van der Waals surface area contributed by atoms with Gasteiger partial charge in [0.05, 0.1) is 0 Å². The minimum atomic E-state index is -3.33. The van der Waals surface area contributed by atoms with Crippen molar-refractivity contribution in [2.24, 2.45) is 5.92 Å². The molecule has 94 valence electrons. The van der Waals surface area contributed by atoms with E-state index in [9.17, 15) is 13.2 Å². The molecule has 0 aromatic rings. The fourth-order valence-corrected chi connectivity index (χ4v) is 2.66. The number of amides is 1. The van der Waals surface area contributed by atoms with Crippen molar-refractivity contribution in [3.8, 4) is 0 Å². The summed E-state index contributed by atoms with van der Waals surface area (Å²) < 4.78 is 26.5. The third-order valence-electron chi connectivity index (χ3n) is 2.71. The molecule has 0 aromatic heterocycles. The van der Waals surface area contributed by atoms with Crippen LogP contribution in [0.1, 0.15) is 12.8 Å². The van der Waals surface area contributed by atoms with Crippen LogP contribution >= 0.6 is 0 Å². The molecule has 0 atom stereocenters. The van der Waals surface area contributed by atoms with E-state index < -0.39 is 16.3 Å². The molecule has 1 heterocycles. The standard InChI is InChI=1S/C8H17N3O4S/c1-9-16(14,15)11-4-2-7(3-5-11)6-10-8(12)13/h7,9-10H,2-6H2,1H3,(H,12,13). The van der Waals surface area contributed by atoms with E-state index in [2.05, 4.69) is 10.0 Å². The first-order valence-electron chi connectivity index (χ1n) is 5.11. The Morgan fingerprint density at radius 2 is 2.00 bits per heavy atom. The zero-order valence-electron chi connectivity index (χ0n) is 9.14. The molecule has 7 nitrogen and oxygen atoms in total. The minimum absolute atomic E-state index is 0.222. The topological polar surface area (TPSA) is 98.7 Å². The molecule has 8 heteroatoms. The maximum atomic E-state index is 11.4. The monoisotopic (exact) mass is 251 g/mol. The summed E-state index contributed by atoms with van der Waals surface area (Å²) in [6.07, 6.45) is 0.327. The Bertz CT molecular complexity index is 335. The zero-order chi connectivity index (χ0) is 12.2. The summed E-state index contributed by atoms with van der Waals surface area (Å²) >= 11 is 0. The van der Waals surface area contributed by atoms with E-state index in [-0.39, 0.29) is 5.92 Å². The number of hydrogen-bond donors (Lipinski definition) is 3. The van der Waals surface area contributed by atoms with Gasteiger partial charge in [-0.1, -0.05) is 0 Å². The molecular weight excluding hydrogens is 234 g/mol. The molecule has 0 aliphatic carbocycles.